The van der Waals surface area contributed by atoms with Gasteiger partial charge in [-0.1, -0.05) is 41.9 Å². The van der Waals surface area contributed by atoms with Crippen LogP contribution in [0.1, 0.15) is 34.5 Å². The Morgan fingerprint density at radius 3 is 2.67 bits per heavy atom. The number of carbonyl (C=O) groups is 1. The van der Waals surface area contributed by atoms with Gasteiger partial charge in [0.1, 0.15) is 5.58 Å². The van der Waals surface area contributed by atoms with Gasteiger partial charge in [0.05, 0.1) is 6.10 Å². The fraction of sp³-hybridized carbons (Fsp3) is 0.318. The lowest BCUT2D eigenvalue weighted by molar-refractivity contribution is 0.0485. The molecule has 1 aliphatic rings. The minimum atomic E-state index is -0.103. The van der Waals surface area contributed by atoms with E-state index in [1.54, 1.807) is 0 Å². The Morgan fingerprint density at radius 1 is 1.19 bits per heavy atom. The summed E-state index contributed by atoms with van der Waals surface area (Å²) in [6, 6.07) is 15.3. The summed E-state index contributed by atoms with van der Waals surface area (Å²) < 4.78 is 11.7. The number of para-hydroxylation sites is 1. The van der Waals surface area contributed by atoms with Crippen molar-refractivity contribution in [1.82, 2.24) is 4.90 Å². The normalized spacial score (nSPS) is 16.7. The van der Waals surface area contributed by atoms with Gasteiger partial charge >= 0.3 is 0 Å². The fourth-order valence-corrected chi connectivity index (χ4v) is 3.71. The average molecular weight is 384 g/mol. The Balaban J connectivity index is 1.64. The van der Waals surface area contributed by atoms with Gasteiger partial charge in [0.25, 0.3) is 5.91 Å². The number of halogens is 1. The van der Waals surface area contributed by atoms with Crippen LogP contribution in [0.4, 0.5) is 0 Å². The molecule has 0 radical (unpaired) electrons. The maximum atomic E-state index is 13.3. The third-order valence-electron chi connectivity index (χ3n) is 5.06. The molecule has 5 heteroatoms. The van der Waals surface area contributed by atoms with E-state index in [0.717, 1.165) is 41.5 Å². The average Bonchev–Trinajstić information content (AvgIpc) is 3.31. The monoisotopic (exact) mass is 383 g/mol. The van der Waals surface area contributed by atoms with E-state index in [9.17, 15) is 4.79 Å². The molecule has 1 unspecified atom stereocenters. The number of ether oxygens (including phenoxy) is 1. The van der Waals surface area contributed by atoms with Crippen LogP contribution in [0.25, 0.3) is 11.0 Å². The Hall–Kier alpha value is -2.30. The number of carbonyl (C=O) groups excluding carboxylic acids is 1. The molecular weight excluding hydrogens is 362 g/mol. The quantitative estimate of drug-likeness (QED) is 0.606. The van der Waals surface area contributed by atoms with Gasteiger partial charge in [-0.15, -0.1) is 0 Å². The van der Waals surface area contributed by atoms with Crippen LogP contribution in [0.5, 0.6) is 0 Å². The second-order valence-corrected chi connectivity index (χ2v) is 7.44. The van der Waals surface area contributed by atoms with E-state index in [0.29, 0.717) is 23.9 Å². The first-order chi connectivity index (χ1) is 13.1. The molecule has 2 aromatic carbocycles. The van der Waals surface area contributed by atoms with E-state index in [1.165, 1.54) is 0 Å². The van der Waals surface area contributed by atoms with Crippen LogP contribution in [0.15, 0.2) is 52.9 Å². The van der Waals surface area contributed by atoms with Crippen molar-refractivity contribution in [3.63, 3.8) is 0 Å². The summed E-state index contributed by atoms with van der Waals surface area (Å²) in [5.41, 5.74) is 2.64. The smallest absolute Gasteiger partial charge is 0.290 e. The van der Waals surface area contributed by atoms with Gasteiger partial charge in [0, 0.05) is 35.7 Å². The summed E-state index contributed by atoms with van der Waals surface area (Å²) in [5.74, 6) is 0.303. The van der Waals surface area contributed by atoms with Crippen LogP contribution in [-0.4, -0.2) is 30.1 Å². The van der Waals surface area contributed by atoms with Crippen molar-refractivity contribution in [2.75, 3.05) is 13.2 Å². The zero-order valence-corrected chi connectivity index (χ0v) is 16.0. The van der Waals surface area contributed by atoms with Gasteiger partial charge in [-0.05, 0) is 43.5 Å². The van der Waals surface area contributed by atoms with Gasteiger partial charge in [-0.25, -0.2) is 0 Å². The standard InChI is InChI=1S/C22H22ClNO3/c1-15-19-6-2-3-7-20(19)27-21(15)22(25)24(14-18-5-4-12-26-18)13-16-8-10-17(23)11-9-16/h2-3,6-11,18H,4-5,12-14H2,1H3. The zero-order valence-electron chi connectivity index (χ0n) is 15.3. The molecule has 27 heavy (non-hydrogen) atoms. The maximum Gasteiger partial charge on any atom is 0.290 e. The van der Waals surface area contributed by atoms with Crippen molar-refractivity contribution in [2.24, 2.45) is 0 Å². The number of benzene rings is 2. The highest BCUT2D eigenvalue weighted by Gasteiger charge is 2.27. The second-order valence-electron chi connectivity index (χ2n) is 7.00. The van der Waals surface area contributed by atoms with Gasteiger partial charge < -0.3 is 14.1 Å². The van der Waals surface area contributed by atoms with E-state index in [2.05, 4.69) is 0 Å². The van der Waals surface area contributed by atoms with Crippen molar-refractivity contribution >= 4 is 28.5 Å². The molecule has 140 valence electrons. The molecule has 3 aromatic rings. The number of hydrogen-bond acceptors (Lipinski definition) is 3. The van der Waals surface area contributed by atoms with Crippen LogP contribution >= 0.6 is 11.6 Å². The van der Waals surface area contributed by atoms with Crippen molar-refractivity contribution < 1.29 is 13.9 Å². The Bertz CT molecular complexity index is 942. The van der Waals surface area contributed by atoms with Crippen molar-refractivity contribution in [1.29, 1.82) is 0 Å². The van der Waals surface area contributed by atoms with Crippen molar-refractivity contribution in [3.8, 4) is 0 Å². The summed E-state index contributed by atoms with van der Waals surface area (Å²) in [5, 5.41) is 1.66. The predicted molar refractivity (Wildman–Crippen MR) is 106 cm³/mol. The number of nitrogens with zero attached hydrogens (tertiary/aromatic N) is 1. The lowest BCUT2D eigenvalue weighted by atomic mass is 10.1. The van der Waals surface area contributed by atoms with E-state index in [1.807, 2.05) is 60.4 Å². The van der Waals surface area contributed by atoms with Gasteiger partial charge in [0.2, 0.25) is 0 Å². The molecule has 2 heterocycles. The minimum Gasteiger partial charge on any atom is -0.451 e. The highest BCUT2D eigenvalue weighted by molar-refractivity contribution is 6.30. The number of hydrogen-bond donors (Lipinski definition) is 0. The van der Waals surface area contributed by atoms with Crippen LogP contribution in [0.3, 0.4) is 0 Å². The number of amides is 1. The van der Waals surface area contributed by atoms with E-state index in [-0.39, 0.29) is 12.0 Å². The number of furan rings is 1. The molecule has 1 amide bonds. The molecule has 0 N–H and O–H groups in total. The fourth-order valence-electron chi connectivity index (χ4n) is 3.59. The number of fused-ring (bicyclic) bond motifs is 1. The molecule has 1 aromatic heterocycles. The topological polar surface area (TPSA) is 42.7 Å². The summed E-state index contributed by atoms with van der Waals surface area (Å²) in [4.78, 5) is 15.2. The summed E-state index contributed by atoms with van der Waals surface area (Å²) in [7, 11) is 0. The first-order valence-corrected chi connectivity index (χ1v) is 9.63. The number of rotatable bonds is 5. The van der Waals surface area contributed by atoms with Crippen molar-refractivity contribution in [3.05, 3.63) is 70.4 Å². The lowest BCUT2D eigenvalue weighted by Crippen LogP contribution is -2.37. The Kier molecular flexibility index (Phi) is 5.19. The first kappa shape index (κ1) is 18.1. The molecule has 4 nitrogen and oxygen atoms in total. The zero-order chi connectivity index (χ0) is 18.8. The third kappa shape index (κ3) is 3.87. The highest BCUT2D eigenvalue weighted by Crippen LogP contribution is 2.27. The molecular formula is C22H22ClNO3. The largest absolute Gasteiger partial charge is 0.451 e. The summed E-state index contributed by atoms with van der Waals surface area (Å²) >= 11 is 5.99. The molecule has 0 bridgehead atoms. The highest BCUT2D eigenvalue weighted by atomic mass is 35.5. The van der Waals surface area contributed by atoms with Gasteiger partial charge in [-0.2, -0.15) is 0 Å². The lowest BCUT2D eigenvalue weighted by Gasteiger charge is -2.25. The summed E-state index contributed by atoms with van der Waals surface area (Å²) in [6.45, 7) is 3.74. The first-order valence-electron chi connectivity index (χ1n) is 9.25. The summed E-state index contributed by atoms with van der Waals surface area (Å²) in [6.07, 6.45) is 2.09. The maximum absolute atomic E-state index is 13.3. The van der Waals surface area contributed by atoms with Gasteiger partial charge in [-0.3, -0.25) is 4.79 Å². The van der Waals surface area contributed by atoms with Crippen molar-refractivity contribution in [2.45, 2.75) is 32.4 Å². The van der Waals surface area contributed by atoms with Crippen LogP contribution in [0, 0.1) is 6.92 Å². The van der Waals surface area contributed by atoms with Gasteiger partial charge in [0.15, 0.2) is 5.76 Å². The van der Waals surface area contributed by atoms with E-state index >= 15 is 0 Å². The molecule has 0 spiro atoms. The predicted octanol–water partition coefficient (Wildman–Crippen LogP) is 5.22. The van der Waals surface area contributed by atoms with E-state index in [4.69, 9.17) is 20.8 Å². The van der Waals surface area contributed by atoms with Crippen LogP contribution < -0.4 is 0 Å². The molecule has 0 aliphatic carbocycles. The third-order valence-corrected chi connectivity index (χ3v) is 5.31. The molecule has 1 aliphatic heterocycles. The van der Waals surface area contributed by atoms with Crippen LogP contribution in [0.2, 0.25) is 5.02 Å². The molecule has 1 fully saturated rings. The Morgan fingerprint density at radius 2 is 1.96 bits per heavy atom. The van der Waals surface area contributed by atoms with E-state index < -0.39 is 0 Å². The molecule has 1 atom stereocenters. The molecule has 1 saturated heterocycles. The molecule has 0 saturated carbocycles. The molecule has 4 rings (SSSR count). The second kappa shape index (κ2) is 7.75. The minimum absolute atomic E-state index is 0.0749. The van der Waals surface area contributed by atoms with Crippen LogP contribution in [-0.2, 0) is 11.3 Å². The Labute approximate surface area is 163 Å². The SMILES string of the molecule is Cc1c(C(=O)N(Cc2ccc(Cl)cc2)CC2CCCO2)oc2ccccc12. The number of aryl methyl sites for hydroxylation is 1.